The summed E-state index contributed by atoms with van der Waals surface area (Å²) >= 11 is 3.46. The second-order valence-electron chi connectivity index (χ2n) is 8.20. The Bertz CT molecular complexity index is 744. The number of fused-ring (bicyclic) bond motifs is 1. The molecule has 1 aliphatic heterocycles. The molecule has 0 aliphatic carbocycles. The van der Waals surface area contributed by atoms with Gasteiger partial charge in [-0.2, -0.15) is 0 Å². The minimum absolute atomic E-state index is 0.176. The summed E-state index contributed by atoms with van der Waals surface area (Å²) in [6, 6.07) is 5.58. The van der Waals surface area contributed by atoms with E-state index in [1.54, 1.807) is 4.90 Å². The Morgan fingerprint density at radius 1 is 1.28 bits per heavy atom. The van der Waals surface area contributed by atoms with Crippen LogP contribution in [0.5, 0.6) is 0 Å². The predicted molar refractivity (Wildman–Crippen MR) is 107 cm³/mol. The first-order chi connectivity index (χ1) is 11.4. The molecule has 0 bridgehead atoms. The predicted octanol–water partition coefficient (Wildman–Crippen LogP) is 5.10. The molecule has 1 heterocycles. The number of nitrogens with zero attached hydrogens (tertiary/aromatic N) is 2. The first-order valence-electron chi connectivity index (χ1n) is 8.36. The van der Waals surface area contributed by atoms with Gasteiger partial charge in [-0.25, -0.2) is 9.16 Å². The maximum absolute atomic E-state index is 12.6. The average molecular weight is 431 g/mol. The maximum atomic E-state index is 12.6. The zero-order chi connectivity index (χ0) is 19.0. The van der Waals surface area contributed by atoms with Crippen LogP contribution < -0.4 is 4.90 Å². The van der Waals surface area contributed by atoms with Gasteiger partial charge in [0.1, 0.15) is 5.60 Å². The lowest BCUT2D eigenvalue weighted by molar-refractivity contribution is 0.0576. The van der Waals surface area contributed by atoms with Gasteiger partial charge in [0, 0.05) is 31.9 Å². The number of carbonyl (C=O) groups is 1. The Balaban J connectivity index is 2.42. The zero-order valence-electron chi connectivity index (χ0n) is 15.7. The number of hydrogen-bond acceptors (Lipinski definition) is 4. The van der Waals surface area contributed by atoms with Gasteiger partial charge in [-0.15, -0.1) is 0 Å². The topological polar surface area (TPSA) is 59.0 Å². The Morgan fingerprint density at radius 3 is 2.48 bits per heavy atom. The van der Waals surface area contributed by atoms with Crippen molar-refractivity contribution in [1.82, 2.24) is 0 Å². The molecule has 1 amide bonds. The summed E-state index contributed by atoms with van der Waals surface area (Å²) in [5.41, 5.74) is 1.12. The number of thiol groups is 1. The van der Waals surface area contributed by atoms with E-state index in [2.05, 4.69) is 20.3 Å². The summed E-state index contributed by atoms with van der Waals surface area (Å²) < 4.78 is 23.1. The number of amides is 1. The minimum Gasteiger partial charge on any atom is -0.443 e. The minimum atomic E-state index is -1.70. The van der Waals surface area contributed by atoms with E-state index in [1.807, 2.05) is 59.7 Å². The number of rotatable bonds is 1. The van der Waals surface area contributed by atoms with Crippen LogP contribution in [0.4, 0.5) is 10.5 Å². The van der Waals surface area contributed by atoms with Crippen LogP contribution in [0.1, 0.15) is 59.6 Å². The van der Waals surface area contributed by atoms with Crippen LogP contribution in [-0.4, -0.2) is 27.2 Å². The Labute approximate surface area is 160 Å². The number of halogens is 1. The third-order valence-corrected chi connectivity index (χ3v) is 5.83. The lowest BCUT2D eigenvalue weighted by Crippen LogP contribution is -2.40. The molecule has 0 fully saturated rings. The van der Waals surface area contributed by atoms with E-state index in [4.69, 9.17) is 4.74 Å². The van der Waals surface area contributed by atoms with E-state index >= 15 is 0 Å². The molecule has 1 aliphatic rings. The number of anilines is 1. The highest BCUT2D eigenvalue weighted by molar-refractivity contribution is 9.10. The van der Waals surface area contributed by atoms with E-state index in [9.17, 15) is 9.00 Å². The van der Waals surface area contributed by atoms with Crippen LogP contribution in [0.3, 0.4) is 0 Å². The van der Waals surface area contributed by atoms with Crippen molar-refractivity contribution in [1.29, 1.82) is 0 Å². The van der Waals surface area contributed by atoms with Gasteiger partial charge >= 0.3 is 6.09 Å². The molecule has 140 valence electrons. The summed E-state index contributed by atoms with van der Waals surface area (Å²) in [5.74, 6) is 0. The molecule has 7 heteroatoms. The molecular formula is C18H27BrN2O3S. The van der Waals surface area contributed by atoms with Crippen molar-refractivity contribution >= 4 is 38.3 Å². The molecule has 2 atom stereocenters. The second kappa shape index (κ2) is 7.27. The maximum Gasteiger partial charge on any atom is 0.414 e. The van der Waals surface area contributed by atoms with Crippen molar-refractivity contribution in [2.24, 2.45) is 4.36 Å². The fourth-order valence-electron chi connectivity index (χ4n) is 2.49. The van der Waals surface area contributed by atoms with Gasteiger partial charge in [-0.1, -0.05) is 22.0 Å². The summed E-state index contributed by atoms with van der Waals surface area (Å²) in [5, 5.41) is 0. The highest BCUT2D eigenvalue weighted by Crippen LogP contribution is 2.39. The van der Waals surface area contributed by atoms with Crippen molar-refractivity contribution < 1.29 is 13.7 Å². The summed E-state index contributed by atoms with van der Waals surface area (Å²) in [6.07, 6.45) is 0.260. The third kappa shape index (κ3) is 5.20. The Kier molecular flexibility index (Phi) is 5.88. The lowest BCUT2D eigenvalue weighted by atomic mass is 9.97. The van der Waals surface area contributed by atoms with Crippen LogP contribution in [0.2, 0.25) is 0 Å². The lowest BCUT2D eigenvalue weighted by Gasteiger charge is -2.34. The monoisotopic (exact) mass is 430 g/mol. The van der Waals surface area contributed by atoms with Gasteiger partial charge in [0.15, 0.2) is 0 Å². The van der Waals surface area contributed by atoms with Crippen molar-refractivity contribution in [2.75, 3.05) is 11.4 Å². The molecule has 1 aromatic rings. The molecule has 0 spiro atoms. The largest absolute Gasteiger partial charge is 0.443 e. The molecule has 0 saturated carbocycles. The van der Waals surface area contributed by atoms with Crippen LogP contribution in [-0.2, 0) is 15.3 Å². The number of carbonyl (C=O) groups excluding carboxylic acids is 1. The van der Waals surface area contributed by atoms with Gasteiger partial charge in [0.2, 0.25) is 0 Å². The molecule has 0 radical (unpaired) electrons. The summed E-state index contributed by atoms with van der Waals surface area (Å²) in [7, 11) is -1.70. The molecule has 1 aromatic carbocycles. The van der Waals surface area contributed by atoms with Crippen LogP contribution in [0.15, 0.2) is 27.0 Å². The van der Waals surface area contributed by atoms with E-state index in [-0.39, 0.29) is 16.9 Å². The van der Waals surface area contributed by atoms with Gasteiger partial charge in [-0.3, -0.25) is 9.11 Å². The van der Waals surface area contributed by atoms with Gasteiger partial charge in [-0.05, 0) is 60.1 Å². The first kappa shape index (κ1) is 20.2. The van der Waals surface area contributed by atoms with E-state index in [0.29, 0.717) is 13.0 Å². The Morgan fingerprint density at radius 2 is 1.92 bits per heavy atom. The Hall–Kier alpha value is -1.08. The number of benzene rings is 1. The van der Waals surface area contributed by atoms with Gasteiger partial charge in [0.25, 0.3) is 0 Å². The quantitative estimate of drug-likeness (QED) is 0.630. The normalized spacial score (nSPS) is 19.5. The van der Waals surface area contributed by atoms with Crippen molar-refractivity contribution in [2.45, 2.75) is 64.4 Å². The molecule has 5 nitrogen and oxygen atoms in total. The standard InChI is InChI=1S/C18H27BrN2O3S/c1-17(2,3)24-16(22)21-10-9-14(20-25(23)18(4,5)6)13-8-7-12(19)11-15(13)21/h7-8,11,14,25H,9-10H2,1-6H3/t14-/m1/s1. The van der Waals surface area contributed by atoms with E-state index < -0.39 is 16.2 Å². The van der Waals surface area contributed by atoms with Crippen LogP contribution in [0, 0.1) is 0 Å². The average Bonchev–Trinajstić information content (AvgIpc) is 2.44. The second-order valence-corrected chi connectivity index (χ2v) is 11.2. The SMILES string of the molecule is CC(C)(C)OC(=O)N1CC[C@@H](/N=[SH](=O)/C(C)(C)C)c2ccc(Br)cc21. The third-order valence-electron chi connectivity index (χ3n) is 3.70. The number of hydrogen-bond donors (Lipinski definition) is 1. The molecule has 1 unspecified atom stereocenters. The van der Waals surface area contributed by atoms with Crippen molar-refractivity contribution in [3.05, 3.63) is 28.2 Å². The summed E-state index contributed by atoms with van der Waals surface area (Å²) in [4.78, 5) is 14.2. The molecule has 0 aromatic heterocycles. The van der Waals surface area contributed by atoms with Crippen LogP contribution in [0.25, 0.3) is 0 Å². The molecule has 25 heavy (non-hydrogen) atoms. The van der Waals surface area contributed by atoms with Crippen molar-refractivity contribution in [3.8, 4) is 0 Å². The highest BCUT2D eigenvalue weighted by Gasteiger charge is 2.32. The zero-order valence-corrected chi connectivity index (χ0v) is 18.1. The molecular weight excluding hydrogens is 404 g/mol. The van der Waals surface area contributed by atoms with Gasteiger partial charge < -0.3 is 4.74 Å². The molecule has 0 N–H and O–H groups in total. The van der Waals surface area contributed by atoms with E-state index in [1.165, 1.54) is 0 Å². The van der Waals surface area contributed by atoms with E-state index in [0.717, 1.165) is 15.7 Å². The van der Waals surface area contributed by atoms with Crippen LogP contribution >= 0.6 is 15.9 Å². The molecule has 2 rings (SSSR count). The fourth-order valence-corrected chi connectivity index (χ4v) is 3.67. The highest BCUT2D eigenvalue weighted by atomic mass is 79.9. The van der Waals surface area contributed by atoms with Gasteiger partial charge in [0.05, 0.1) is 11.7 Å². The molecule has 0 saturated heterocycles. The fraction of sp³-hybridized carbons (Fsp3) is 0.611. The summed E-state index contributed by atoms with van der Waals surface area (Å²) in [6.45, 7) is 11.8. The smallest absolute Gasteiger partial charge is 0.414 e. The first-order valence-corrected chi connectivity index (χ1v) is 10.4. The van der Waals surface area contributed by atoms with Crippen molar-refractivity contribution in [3.63, 3.8) is 0 Å². The number of ether oxygens (including phenoxy) is 1.